The maximum Gasteiger partial charge on any atom is 0.338 e. The summed E-state index contributed by atoms with van der Waals surface area (Å²) >= 11 is 0. The van der Waals surface area contributed by atoms with Gasteiger partial charge in [-0.3, -0.25) is 4.57 Å². The Labute approximate surface area is 168 Å². The van der Waals surface area contributed by atoms with Gasteiger partial charge in [0.1, 0.15) is 0 Å². The monoisotopic (exact) mass is 393 g/mol. The van der Waals surface area contributed by atoms with Gasteiger partial charge in [0.25, 0.3) is 0 Å². The van der Waals surface area contributed by atoms with Crippen molar-refractivity contribution in [1.29, 1.82) is 0 Å². The number of aromatic nitrogens is 2. The molecule has 1 aliphatic rings. The first-order valence-electron chi connectivity index (χ1n) is 9.42. The van der Waals surface area contributed by atoms with E-state index in [1.54, 1.807) is 21.1 Å². The summed E-state index contributed by atoms with van der Waals surface area (Å²) in [6, 6.07) is 13.1. The molecule has 1 aromatic heterocycles. The fourth-order valence-electron chi connectivity index (χ4n) is 3.78. The third-order valence-electron chi connectivity index (χ3n) is 5.05. The van der Waals surface area contributed by atoms with Gasteiger partial charge in [-0.2, -0.15) is 0 Å². The maximum absolute atomic E-state index is 12.9. The summed E-state index contributed by atoms with van der Waals surface area (Å²) in [5, 5.41) is 3.26. The number of fused-ring (bicyclic) bond motifs is 3. The van der Waals surface area contributed by atoms with Crippen molar-refractivity contribution in [2.75, 3.05) is 26.1 Å². The average molecular weight is 393 g/mol. The van der Waals surface area contributed by atoms with Crippen LogP contribution in [0, 0.1) is 0 Å². The van der Waals surface area contributed by atoms with Crippen LogP contribution in [0.4, 0.5) is 5.95 Å². The molecule has 150 valence electrons. The molecule has 0 unspecified atom stereocenters. The second-order valence-electron chi connectivity index (χ2n) is 6.70. The molecular formula is C22H23N3O4. The summed E-state index contributed by atoms with van der Waals surface area (Å²) in [5.74, 6) is 1.53. The van der Waals surface area contributed by atoms with Crippen LogP contribution in [0.5, 0.6) is 11.5 Å². The summed E-state index contributed by atoms with van der Waals surface area (Å²) in [4.78, 5) is 17.6. The van der Waals surface area contributed by atoms with Gasteiger partial charge < -0.3 is 19.5 Å². The van der Waals surface area contributed by atoms with Crippen molar-refractivity contribution < 1.29 is 19.0 Å². The van der Waals surface area contributed by atoms with Gasteiger partial charge in [-0.05, 0) is 43.7 Å². The molecule has 29 heavy (non-hydrogen) atoms. The number of hydrogen-bond donors (Lipinski definition) is 1. The Hall–Kier alpha value is -3.48. The van der Waals surface area contributed by atoms with E-state index < -0.39 is 6.04 Å². The van der Waals surface area contributed by atoms with Crippen molar-refractivity contribution in [3.63, 3.8) is 0 Å². The Morgan fingerprint density at radius 1 is 1.14 bits per heavy atom. The SMILES string of the molecule is CCOC(=O)C1=C(C)Nc2nc3ccccc3n2[C@@H]1c1ccc(OC)c(OC)c1. The van der Waals surface area contributed by atoms with E-state index in [1.165, 1.54) is 0 Å². The molecule has 0 radical (unpaired) electrons. The second-order valence-corrected chi connectivity index (χ2v) is 6.70. The van der Waals surface area contributed by atoms with E-state index in [4.69, 9.17) is 19.2 Å². The van der Waals surface area contributed by atoms with Gasteiger partial charge in [0.15, 0.2) is 11.5 Å². The zero-order chi connectivity index (χ0) is 20.5. The van der Waals surface area contributed by atoms with Crippen molar-refractivity contribution in [2.45, 2.75) is 19.9 Å². The fraction of sp³-hybridized carbons (Fsp3) is 0.273. The number of benzene rings is 2. The first-order chi connectivity index (χ1) is 14.1. The molecule has 1 aliphatic heterocycles. The van der Waals surface area contributed by atoms with E-state index in [9.17, 15) is 4.79 Å². The van der Waals surface area contributed by atoms with Crippen LogP contribution in [0.3, 0.4) is 0 Å². The van der Waals surface area contributed by atoms with Gasteiger partial charge in [-0.1, -0.05) is 18.2 Å². The van der Waals surface area contributed by atoms with Crippen LogP contribution >= 0.6 is 0 Å². The summed E-state index contributed by atoms with van der Waals surface area (Å²) < 4.78 is 18.3. The van der Waals surface area contributed by atoms with Crippen molar-refractivity contribution in [1.82, 2.24) is 9.55 Å². The number of ether oxygens (including phenoxy) is 3. The summed E-state index contributed by atoms with van der Waals surface area (Å²) in [7, 11) is 3.19. The average Bonchev–Trinajstić information content (AvgIpc) is 3.10. The highest BCUT2D eigenvalue weighted by Gasteiger charge is 2.35. The smallest absolute Gasteiger partial charge is 0.338 e. The Morgan fingerprint density at radius 3 is 2.62 bits per heavy atom. The lowest BCUT2D eigenvalue weighted by Crippen LogP contribution is -2.29. The Bertz CT molecular complexity index is 1120. The van der Waals surface area contributed by atoms with Crippen LogP contribution in [0.25, 0.3) is 11.0 Å². The lowest BCUT2D eigenvalue weighted by Gasteiger charge is -2.30. The van der Waals surface area contributed by atoms with Crippen LogP contribution < -0.4 is 14.8 Å². The lowest BCUT2D eigenvalue weighted by molar-refractivity contribution is -0.139. The molecule has 0 fully saturated rings. The minimum absolute atomic E-state index is 0.297. The molecule has 3 aromatic rings. The molecule has 1 atom stereocenters. The summed E-state index contributed by atoms with van der Waals surface area (Å²) in [6.07, 6.45) is 0. The molecule has 2 aromatic carbocycles. The number of para-hydroxylation sites is 2. The summed E-state index contributed by atoms with van der Waals surface area (Å²) in [5.41, 5.74) is 3.89. The van der Waals surface area contributed by atoms with Crippen LogP contribution in [0.1, 0.15) is 25.5 Å². The molecule has 0 saturated heterocycles. The highest BCUT2D eigenvalue weighted by molar-refractivity contribution is 5.94. The predicted molar refractivity (Wildman–Crippen MR) is 110 cm³/mol. The maximum atomic E-state index is 12.9. The molecule has 4 rings (SSSR count). The molecule has 0 spiro atoms. The molecular weight excluding hydrogens is 370 g/mol. The Morgan fingerprint density at radius 2 is 1.90 bits per heavy atom. The molecule has 0 amide bonds. The van der Waals surface area contributed by atoms with E-state index in [-0.39, 0.29) is 5.97 Å². The van der Waals surface area contributed by atoms with Crippen LogP contribution in [-0.4, -0.2) is 36.3 Å². The number of carbonyl (C=O) groups is 1. The minimum atomic E-state index is -0.419. The van der Waals surface area contributed by atoms with E-state index in [2.05, 4.69) is 5.32 Å². The van der Waals surface area contributed by atoms with Crippen molar-refractivity contribution in [3.8, 4) is 11.5 Å². The number of hydrogen-bond acceptors (Lipinski definition) is 6. The lowest BCUT2D eigenvalue weighted by atomic mass is 9.94. The van der Waals surface area contributed by atoms with Gasteiger partial charge in [0.2, 0.25) is 5.95 Å². The number of esters is 1. The predicted octanol–water partition coefficient (Wildman–Crippen LogP) is 3.91. The highest BCUT2D eigenvalue weighted by Crippen LogP contribution is 2.41. The van der Waals surface area contributed by atoms with Crippen molar-refractivity contribution >= 4 is 23.0 Å². The quantitative estimate of drug-likeness (QED) is 0.663. The molecule has 2 heterocycles. The zero-order valence-electron chi connectivity index (χ0n) is 16.9. The van der Waals surface area contributed by atoms with Gasteiger partial charge in [-0.15, -0.1) is 0 Å². The number of methoxy groups -OCH3 is 2. The number of nitrogens with one attached hydrogen (secondary N) is 1. The van der Waals surface area contributed by atoms with Gasteiger partial charge in [0.05, 0.1) is 43.5 Å². The van der Waals surface area contributed by atoms with Gasteiger partial charge in [-0.25, -0.2) is 9.78 Å². The third-order valence-corrected chi connectivity index (χ3v) is 5.05. The first-order valence-corrected chi connectivity index (χ1v) is 9.42. The number of allylic oxidation sites excluding steroid dienone is 1. The van der Waals surface area contributed by atoms with Crippen LogP contribution in [0.2, 0.25) is 0 Å². The zero-order valence-corrected chi connectivity index (χ0v) is 16.9. The standard InChI is InChI=1S/C22H23N3O4/c1-5-29-21(26)19-13(2)23-22-24-15-8-6-7-9-16(15)25(22)20(19)14-10-11-17(27-3)18(12-14)28-4/h6-12,20H,5H2,1-4H3,(H,23,24)/t20-/m1/s1. The number of anilines is 1. The van der Waals surface area contributed by atoms with E-state index in [1.807, 2.05) is 54.0 Å². The number of rotatable bonds is 5. The number of imidazole rings is 1. The first kappa shape index (κ1) is 18.9. The van der Waals surface area contributed by atoms with Crippen LogP contribution in [-0.2, 0) is 9.53 Å². The third kappa shape index (κ3) is 3.08. The van der Waals surface area contributed by atoms with Crippen molar-refractivity contribution in [3.05, 3.63) is 59.3 Å². The molecule has 0 saturated carbocycles. The summed E-state index contributed by atoms with van der Waals surface area (Å²) in [6.45, 7) is 3.96. The normalized spacial score (nSPS) is 15.7. The topological polar surface area (TPSA) is 74.6 Å². The molecule has 7 heteroatoms. The van der Waals surface area contributed by atoms with Gasteiger partial charge >= 0.3 is 5.97 Å². The second kappa shape index (κ2) is 7.50. The van der Waals surface area contributed by atoms with Gasteiger partial charge in [0, 0.05) is 5.70 Å². The van der Waals surface area contributed by atoms with E-state index in [0.29, 0.717) is 35.3 Å². The number of carbonyl (C=O) groups excluding carboxylic acids is 1. The molecule has 0 aliphatic carbocycles. The largest absolute Gasteiger partial charge is 0.493 e. The molecule has 0 bridgehead atoms. The van der Waals surface area contributed by atoms with E-state index in [0.717, 1.165) is 16.6 Å². The molecule has 7 nitrogen and oxygen atoms in total. The highest BCUT2D eigenvalue weighted by atomic mass is 16.5. The van der Waals surface area contributed by atoms with E-state index >= 15 is 0 Å². The minimum Gasteiger partial charge on any atom is -0.493 e. The Kier molecular flexibility index (Phi) is 4.88. The fourth-order valence-corrected chi connectivity index (χ4v) is 3.78. The van der Waals surface area contributed by atoms with Crippen molar-refractivity contribution in [2.24, 2.45) is 0 Å². The van der Waals surface area contributed by atoms with Crippen LogP contribution in [0.15, 0.2) is 53.7 Å². The Balaban J connectivity index is 1.97. The molecule has 1 N–H and O–H groups in total. The number of nitrogens with zero attached hydrogens (tertiary/aromatic N) is 2.